The summed E-state index contributed by atoms with van der Waals surface area (Å²) < 4.78 is 7.37. The summed E-state index contributed by atoms with van der Waals surface area (Å²) in [5.41, 5.74) is 3.12. The largest absolute Gasteiger partial charge is 0.472 e. The normalized spacial score (nSPS) is 18.5. The Morgan fingerprint density at radius 2 is 2.25 bits per heavy atom. The monoisotopic (exact) mass is 470 g/mol. The van der Waals surface area contributed by atoms with Gasteiger partial charge >= 0.3 is 0 Å². The van der Waals surface area contributed by atoms with Crippen LogP contribution >= 0.6 is 23.4 Å². The van der Waals surface area contributed by atoms with E-state index in [-0.39, 0.29) is 12.0 Å². The van der Waals surface area contributed by atoms with Gasteiger partial charge in [-0.2, -0.15) is 11.8 Å². The molecule has 1 saturated heterocycles. The minimum atomic E-state index is -0.314. The maximum Gasteiger partial charge on any atom is 0.274 e. The standard InChI is InChI=1S/C22H23ClN6O2S/c1-3-27-8-6-15-9-14(2)18(11-28(15)27)25-22(30)19-10-20(31-16-12-32-13-16)26-29(19)21-17(23)5-4-7-24-21/h4-7,9-11,16H,3,8,12-13H2,1-2H3,(H,25,30). The van der Waals surface area contributed by atoms with Crippen molar-refractivity contribution in [3.8, 4) is 11.7 Å². The number of carbonyl (C=O) groups is 1. The lowest BCUT2D eigenvalue weighted by molar-refractivity contribution is 0.0929. The molecule has 10 heteroatoms. The summed E-state index contributed by atoms with van der Waals surface area (Å²) in [7, 11) is 0. The number of fused-ring (bicyclic) bond motifs is 1. The number of hydrazine groups is 1. The maximum absolute atomic E-state index is 13.4. The molecule has 0 aliphatic carbocycles. The van der Waals surface area contributed by atoms with Crippen LogP contribution in [0.3, 0.4) is 0 Å². The first-order chi connectivity index (χ1) is 15.5. The minimum Gasteiger partial charge on any atom is -0.472 e. The number of halogens is 1. The molecule has 3 aliphatic rings. The van der Waals surface area contributed by atoms with E-state index < -0.39 is 0 Å². The molecular weight excluding hydrogens is 448 g/mol. The van der Waals surface area contributed by atoms with Gasteiger partial charge in [-0.15, -0.1) is 5.10 Å². The van der Waals surface area contributed by atoms with Gasteiger partial charge in [0.15, 0.2) is 5.82 Å². The zero-order chi connectivity index (χ0) is 22.2. The van der Waals surface area contributed by atoms with Crippen LogP contribution in [0.1, 0.15) is 24.3 Å². The van der Waals surface area contributed by atoms with Crippen molar-refractivity contribution >= 4 is 29.3 Å². The zero-order valence-corrected chi connectivity index (χ0v) is 19.4. The van der Waals surface area contributed by atoms with Gasteiger partial charge in [-0.1, -0.05) is 18.5 Å². The number of allylic oxidation sites excluding steroid dienone is 2. The number of pyridine rings is 1. The fourth-order valence-electron chi connectivity index (χ4n) is 3.67. The fraction of sp³-hybridized carbons (Fsp3) is 0.318. The molecule has 5 rings (SSSR count). The Morgan fingerprint density at radius 3 is 2.97 bits per heavy atom. The number of likely N-dealkylation sites (N-methyl/N-ethyl adjacent to an activating group) is 1. The first-order valence-electron chi connectivity index (χ1n) is 10.4. The first-order valence-corrected chi connectivity index (χ1v) is 12.0. The zero-order valence-electron chi connectivity index (χ0n) is 17.8. The number of carbonyl (C=O) groups excluding carboxylic acids is 1. The van der Waals surface area contributed by atoms with E-state index in [0.717, 1.165) is 41.6 Å². The average Bonchev–Trinajstić information content (AvgIpc) is 3.35. The smallest absolute Gasteiger partial charge is 0.274 e. The topological polar surface area (TPSA) is 75.5 Å². The van der Waals surface area contributed by atoms with Crippen molar-refractivity contribution in [1.29, 1.82) is 0 Å². The number of nitrogens with zero attached hydrogens (tertiary/aromatic N) is 5. The van der Waals surface area contributed by atoms with E-state index >= 15 is 0 Å². The molecule has 32 heavy (non-hydrogen) atoms. The lowest BCUT2D eigenvalue weighted by atomic mass is 10.1. The van der Waals surface area contributed by atoms with Gasteiger partial charge in [0.05, 0.1) is 16.4 Å². The van der Waals surface area contributed by atoms with Gasteiger partial charge < -0.3 is 10.1 Å². The first kappa shape index (κ1) is 21.1. The van der Waals surface area contributed by atoms with Gasteiger partial charge in [0.2, 0.25) is 5.88 Å². The number of thioether (sulfide) groups is 1. The average molecular weight is 471 g/mol. The summed E-state index contributed by atoms with van der Waals surface area (Å²) in [6, 6.07) is 5.10. The molecule has 0 radical (unpaired) electrons. The number of amides is 1. The molecule has 0 atom stereocenters. The summed E-state index contributed by atoms with van der Waals surface area (Å²) >= 11 is 8.17. The van der Waals surface area contributed by atoms with E-state index in [2.05, 4.69) is 44.5 Å². The van der Waals surface area contributed by atoms with Crippen molar-refractivity contribution in [2.45, 2.75) is 20.0 Å². The minimum absolute atomic E-state index is 0.102. The molecule has 1 fully saturated rings. The third kappa shape index (κ3) is 3.92. The Balaban J connectivity index is 1.45. The molecule has 0 saturated carbocycles. The van der Waals surface area contributed by atoms with Crippen LogP contribution in [-0.2, 0) is 0 Å². The number of nitrogens with one attached hydrogen (secondary N) is 1. The predicted octanol–water partition coefficient (Wildman–Crippen LogP) is 3.38. The Kier molecular flexibility index (Phi) is 5.71. The van der Waals surface area contributed by atoms with Gasteiger partial charge in [0.1, 0.15) is 11.8 Å². The molecule has 2 aromatic heterocycles. The van der Waals surface area contributed by atoms with Crippen LogP contribution in [0.2, 0.25) is 5.02 Å². The summed E-state index contributed by atoms with van der Waals surface area (Å²) in [6.07, 6.45) is 7.91. The van der Waals surface area contributed by atoms with Gasteiger partial charge in [0.25, 0.3) is 5.91 Å². The van der Waals surface area contributed by atoms with Crippen LogP contribution in [0.25, 0.3) is 5.82 Å². The molecule has 166 valence electrons. The lowest BCUT2D eigenvalue weighted by Crippen LogP contribution is -2.37. The van der Waals surface area contributed by atoms with Crippen molar-refractivity contribution in [2.75, 3.05) is 24.6 Å². The highest BCUT2D eigenvalue weighted by Crippen LogP contribution is 2.29. The van der Waals surface area contributed by atoms with E-state index in [4.69, 9.17) is 16.3 Å². The van der Waals surface area contributed by atoms with Gasteiger partial charge in [0, 0.05) is 43.1 Å². The molecule has 1 amide bonds. The van der Waals surface area contributed by atoms with Gasteiger partial charge in [-0.05, 0) is 36.8 Å². The Morgan fingerprint density at radius 1 is 1.41 bits per heavy atom. The molecule has 3 aliphatic heterocycles. The molecule has 8 nitrogen and oxygen atoms in total. The second-order valence-corrected chi connectivity index (χ2v) is 9.15. The molecule has 0 aromatic carbocycles. The molecule has 0 unspecified atom stereocenters. The van der Waals surface area contributed by atoms with E-state index in [9.17, 15) is 4.79 Å². The van der Waals surface area contributed by atoms with Crippen LogP contribution in [0.15, 0.2) is 59.7 Å². The van der Waals surface area contributed by atoms with Crippen molar-refractivity contribution in [3.63, 3.8) is 0 Å². The molecule has 2 aromatic rings. The molecule has 5 heterocycles. The highest BCUT2D eigenvalue weighted by Gasteiger charge is 2.28. The number of aromatic nitrogens is 3. The van der Waals surface area contributed by atoms with Crippen LogP contribution in [0, 0.1) is 0 Å². The van der Waals surface area contributed by atoms with Crippen molar-refractivity contribution < 1.29 is 9.53 Å². The molecular formula is C22H23ClN6O2S. The second-order valence-electron chi connectivity index (χ2n) is 7.67. The molecule has 1 N–H and O–H groups in total. The summed E-state index contributed by atoms with van der Waals surface area (Å²) in [5.74, 6) is 2.27. The van der Waals surface area contributed by atoms with Gasteiger partial charge in [-0.25, -0.2) is 14.7 Å². The lowest BCUT2D eigenvalue weighted by Gasteiger charge is -2.31. The number of rotatable bonds is 6. The Labute approximate surface area is 195 Å². The van der Waals surface area contributed by atoms with E-state index in [1.54, 1.807) is 24.4 Å². The van der Waals surface area contributed by atoms with Gasteiger partial charge in [-0.3, -0.25) is 9.80 Å². The van der Waals surface area contributed by atoms with Crippen molar-refractivity contribution in [1.82, 2.24) is 30.1 Å². The van der Waals surface area contributed by atoms with E-state index in [0.29, 0.717) is 22.4 Å². The Bertz CT molecular complexity index is 1150. The molecule has 0 spiro atoms. The van der Waals surface area contributed by atoms with Crippen molar-refractivity contribution in [2.24, 2.45) is 0 Å². The van der Waals surface area contributed by atoms with Crippen LogP contribution in [0.5, 0.6) is 5.88 Å². The number of ether oxygens (including phenoxy) is 1. The summed E-state index contributed by atoms with van der Waals surface area (Å²) in [5, 5.41) is 12.2. The highest BCUT2D eigenvalue weighted by molar-refractivity contribution is 8.00. The van der Waals surface area contributed by atoms with E-state index in [1.807, 2.05) is 24.9 Å². The third-order valence-electron chi connectivity index (χ3n) is 5.49. The Hall–Kier alpha value is -2.75. The quantitative estimate of drug-likeness (QED) is 0.693. The molecule has 0 bridgehead atoms. The number of hydrogen-bond acceptors (Lipinski definition) is 7. The van der Waals surface area contributed by atoms with E-state index in [1.165, 1.54) is 4.68 Å². The van der Waals surface area contributed by atoms with Crippen molar-refractivity contribution in [3.05, 3.63) is 70.4 Å². The highest BCUT2D eigenvalue weighted by atomic mass is 35.5. The van der Waals surface area contributed by atoms with Crippen LogP contribution in [0.4, 0.5) is 0 Å². The third-order valence-corrected chi connectivity index (χ3v) is 7.00. The summed E-state index contributed by atoms with van der Waals surface area (Å²) in [6.45, 7) is 5.80. The SMILES string of the molecule is CCN1CC=C2C=C(C)C(NC(=O)c3cc(OC4CSC4)nn3-c3ncccc3Cl)=CN21. The maximum atomic E-state index is 13.4. The van der Waals surface area contributed by atoms with Crippen LogP contribution in [-0.4, -0.2) is 61.4 Å². The number of hydrogen-bond donors (Lipinski definition) is 1. The predicted molar refractivity (Wildman–Crippen MR) is 125 cm³/mol. The van der Waals surface area contributed by atoms with Crippen LogP contribution < -0.4 is 10.1 Å². The fourth-order valence-corrected chi connectivity index (χ4v) is 4.44. The second kappa shape index (κ2) is 8.65. The summed E-state index contributed by atoms with van der Waals surface area (Å²) in [4.78, 5) is 17.7.